The summed E-state index contributed by atoms with van der Waals surface area (Å²) in [5.41, 5.74) is 12.8. The largest absolute Gasteiger partial charge is 0.327 e. The molecule has 0 saturated carbocycles. The van der Waals surface area contributed by atoms with Gasteiger partial charge in [-0.15, -0.1) is 23.5 Å². The SMILES string of the molecule is C#CC(C)(C/C=C\C)N1C2=CC=CCC2(C)c2cc(-c3ccc4sc5cc(/C(C)=N/C(c6ccccc6)=c6/ccccc6=C=C)c6ccccc6c5c4c3)ccc21. The van der Waals surface area contributed by atoms with Crippen molar-refractivity contribution in [1.82, 2.24) is 0 Å². The Morgan fingerprint density at radius 1 is 0.895 bits per heavy atom. The van der Waals surface area contributed by atoms with E-state index in [9.17, 15) is 0 Å². The van der Waals surface area contributed by atoms with Crippen molar-refractivity contribution in [3.63, 3.8) is 0 Å². The maximum atomic E-state index is 6.32. The number of hydrogen-bond acceptors (Lipinski definition) is 3. The molecule has 7 aromatic rings. The van der Waals surface area contributed by atoms with Crippen molar-refractivity contribution in [2.75, 3.05) is 4.90 Å². The number of aliphatic imine (C=N–C) groups is 1. The lowest BCUT2D eigenvalue weighted by atomic mass is 9.76. The molecule has 276 valence electrons. The van der Waals surface area contributed by atoms with Gasteiger partial charge in [-0.2, -0.15) is 0 Å². The highest BCUT2D eigenvalue weighted by molar-refractivity contribution is 7.26. The molecular weight excluding hydrogens is 709 g/mol. The fourth-order valence-corrected chi connectivity index (χ4v) is 10.1. The highest BCUT2D eigenvalue weighted by atomic mass is 32.1. The van der Waals surface area contributed by atoms with Crippen LogP contribution in [0.3, 0.4) is 0 Å². The van der Waals surface area contributed by atoms with Crippen LogP contribution in [0.5, 0.6) is 0 Å². The van der Waals surface area contributed by atoms with Crippen LogP contribution >= 0.6 is 11.3 Å². The molecule has 57 heavy (non-hydrogen) atoms. The van der Waals surface area contributed by atoms with E-state index in [1.807, 2.05) is 29.5 Å². The summed E-state index contributed by atoms with van der Waals surface area (Å²) in [6, 6.07) is 43.8. The predicted molar refractivity (Wildman–Crippen MR) is 247 cm³/mol. The zero-order chi connectivity index (χ0) is 39.3. The van der Waals surface area contributed by atoms with Gasteiger partial charge in [-0.3, -0.25) is 4.99 Å². The molecule has 0 spiro atoms. The molecule has 0 radical (unpaired) electrons. The number of anilines is 1. The Labute approximate surface area is 339 Å². The van der Waals surface area contributed by atoms with Crippen molar-refractivity contribution in [3.8, 4) is 23.5 Å². The van der Waals surface area contributed by atoms with Gasteiger partial charge in [0.05, 0.1) is 5.70 Å². The third-order valence-corrected chi connectivity index (χ3v) is 13.1. The topological polar surface area (TPSA) is 15.6 Å². The molecule has 1 aliphatic carbocycles. The summed E-state index contributed by atoms with van der Waals surface area (Å²) in [4.78, 5) is 7.84. The number of nitrogens with zero attached hydrogens (tertiary/aromatic N) is 2. The van der Waals surface area contributed by atoms with E-state index in [0.29, 0.717) is 0 Å². The molecule has 2 nitrogen and oxygen atoms in total. The van der Waals surface area contributed by atoms with Gasteiger partial charge < -0.3 is 4.90 Å². The summed E-state index contributed by atoms with van der Waals surface area (Å²) in [6.07, 6.45) is 19.1. The molecule has 1 aliphatic heterocycles. The van der Waals surface area contributed by atoms with Crippen molar-refractivity contribution in [2.24, 2.45) is 4.99 Å². The summed E-state index contributed by atoms with van der Waals surface area (Å²) in [6.45, 7) is 12.7. The minimum atomic E-state index is -0.481. The molecule has 6 aromatic carbocycles. The first-order chi connectivity index (χ1) is 27.8. The van der Waals surface area contributed by atoms with Gasteiger partial charge in [0.2, 0.25) is 0 Å². The third-order valence-electron chi connectivity index (χ3n) is 12.0. The Morgan fingerprint density at radius 2 is 1.63 bits per heavy atom. The minimum Gasteiger partial charge on any atom is -0.327 e. The Bertz CT molecular complexity index is 3090. The Morgan fingerprint density at radius 3 is 2.42 bits per heavy atom. The molecule has 2 unspecified atom stereocenters. The highest BCUT2D eigenvalue weighted by Gasteiger charge is 2.49. The van der Waals surface area contributed by atoms with E-state index in [4.69, 9.17) is 11.4 Å². The van der Waals surface area contributed by atoms with Crippen molar-refractivity contribution in [2.45, 2.75) is 51.5 Å². The van der Waals surface area contributed by atoms with E-state index in [1.54, 1.807) is 0 Å². The smallest absolute Gasteiger partial charge is 0.106 e. The molecular formula is C54H44N2S. The van der Waals surface area contributed by atoms with E-state index < -0.39 is 5.54 Å². The predicted octanol–water partition coefficient (Wildman–Crippen LogP) is 12.4. The molecule has 3 heteroatoms. The average Bonchev–Trinajstić information content (AvgIpc) is 3.76. The summed E-state index contributed by atoms with van der Waals surface area (Å²) < 4.78 is 2.52. The number of hydrogen-bond donors (Lipinski definition) is 0. The molecule has 1 aromatic heterocycles. The van der Waals surface area contributed by atoms with Crippen molar-refractivity contribution >= 4 is 65.1 Å². The number of terminal acetylenes is 1. The molecule has 0 amide bonds. The van der Waals surface area contributed by atoms with Gasteiger partial charge >= 0.3 is 0 Å². The van der Waals surface area contributed by atoms with Crippen LogP contribution in [0.25, 0.3) is 53.5 Å². The lowest BCUT2D eigenvalue weighted by Crippen LogP contribution is -2.45. The number of thiophene rings is 1. The fraction of sp³-hybridized carbons (Fsp3) is 0.148. The fourth-order valence-electron chi connectivity index (χ4n) is 8.96. The van der Waals surface area contributed by atoms with Gasteiger partial charge in [0.25, 0.3) is 0 Å². The highest BCUT2D eigenvalue weighted by Crippen LogP contribution is 2.55. The zero-order valence-electron chi connectivity index (χ0n) is 32.9. The number of allylic oxidation sites excluding steroid dienone is 5. The van der Waals surface area contributed by atoms with Gasteiger partial charge in [-0.05, 0) is 110 Å². The lowest BCUT2D eigenvalue weighted by molar-refractivity contribution is 0.515. The molecule has 0 saturated heterocycles. The van der Waals surface area contributed by atoms with Crippen molar-refractivity contribution in [3.05, 3.63) is 191 Å². The quantitative estimate of drug-likeness (QED) is 0.0899. The van der Waals surface area contributed by atoms with Crippen LogP contribution in [0.15, 0.2) is 169 Å². The van der Waals surface area contributed by atoms with E-state index in [1.165, 1.54) is 59.0 Å². The van der Waals surface area contributed by atoms with Gasteiger partial charge in [-0.25, -0.2) is 0 Å². The number of rotatable bonds is 7. The molecule has 2 heterocycles. The second kappa shape index (κ2) is 14.3. The average molecular weight is 753 g/mol. The Kier molecular flexibility index (Phi) is 9.06. The summed E-state index contributed by atoms with van der Waals surface area (Å²) in [7, 11) is 0. The van der Waals surface area contributed by atoms with E-state index >= 15 is 0 Å². The third kappa shape index (κ3) is 5.93. The van der Waals surface area contributed by atoms with Crippen LogP contribution in [0, 0.1) is 12.3 Å². The van der Waals surface area contributed by atoms with E-state index in [2.05, 4.69) is 184 Å². The molecule has 9 rings (SSSR count). The molecule has 2 atom stereocenters. The summed E-state index contributed by atoms with van der Waals surface area (Å²) in [5.74, 6) is 3.18. The molecule has 0 fully saturated rings. The first kappa shape index (κ1) is 36.2. The summed E-state index contributed by atoms with van der Waals surface area (Å²) >= 11 is 1.85. The van der Waals surface area contributed by atoms with Crippen LogP contribution in [-0.4, -0.2) is 11.3 Å². The standard InChI is InChI=1S/C54H44N2S/c1-7-10-31-53(5,9-3)56-47-29-27-40(34-46(47)54(6)32-19-18-26-50(54)56)39-28-30-48-45(33-39)51-43-25-17-16-24-42(43)44(35-49(51)57-48)36(4)55-52(38-21-12-11-13-22-38)41-23-15-14-20-37(41)8-2/h3,7,10-30,33-35H,2,31-32H2,1,4-6H3/b10-7-,52-41-,55-36+. The second-order valence-electron chi connectivity index (χ2n) is 15.6. The first-order valence-electron chi connectivity index (χ1n) is 19.7. The molecule has 2 aliphatic rings. The van der Waals surface area contributed by atoms with Crippen molar-refractivity contribution < 1.29 is 0 Å². The van der Waals surface area contributed by atoms with Crippen LogP contribution < -0.4 is 15.3 Å². The van der Waals surface area contributed by atoms with Gasteiger partial charge in [0, 0.05) is 64.2 Å². The van der Waals surface area contributed by atoms with Gasteiger partial charge in [-0.1, -0.05) is 122 Å². The maximum Gasteiger partial charge on any atom is 0.106 e. The van der Waals surface area contributed by atoms with Crippen LogP contribution in [0.2, 0.25) is 0 Å². The summed E-state index contributed by atoms with van der Waals surface area (Å²) in [5, 5.41) is 6.94. The second-order valence-corrected chi connectivity index (χ2v) is 16.6. The van der Waals surface area contributed by atoms with Crippen LogP contribution in [-0.2, 0) is 5.41 Å². The van der Waals surface area contributed by atoms with E-state index in [-0.39, 0.29) is 5.41 Å². The maximum absolute atomic E-state index is 6.32. The van der Waals surface area contributed by atoms with Crippen LogP contribution in [0.1, 0.15) is 57.2 Å². The normalized spacial score (nSPS) is 18.0. The minimum absolute atomic E-state index is 0.164. The van der Waals surface area contributed by atoms with E-state index in [0.717, 1.165) is 45.8 Å². The van der Waals surface area contributed by atoms with Crippen LogP contribution in [0.4, 0.5) is 5.69 Å². The lowest BCUT2D eigenvalue weighted by Gasteiger charge is -2.40. The van der Waals surface area contributed by atoms with Crippen molar-refractivity contribution in [1.29, 1.82) is 0 Å². The number of fused-ring (bicyclic) bond motifs is 8. The molecule has 0 bridgehead atoms. The number of benzene rings is 6. The zero-order valence-corrected chi connectivity index (χ0v) is 33.8. The van der Waals surface area contributed by atoms with Gasteiger partial charge in [0.1, 0.15) is 5.54 Å². The monoisotopic (exact) mass is 752 g/mol. The first-order valence-corrected chi connectivity index (χ1v) is 20.5. The van der Waals surface area contributed by atoms with Gasteiger partial charge in [0.15, 0.2) is 0 Å². The Balaban J connectivity index is 1.20. The Hall–Kier alpha value is -6.43. The molecule has 0 N–H and O–H groups in total.